The molecule has 4 rings (SSSR count). The van der Waals surface area contributed by atoms with Crippen molar-refractivity contribution in [1.29, 1.82) is 0 Å². The lowest BCUT2D eigenvalue weighted by Gasteiger charge is -2.36. The van der Waals surface area contributed by atoms with Crippen LogP contribution in [0, 0.1) is 12.7 Å². The van der Waals surface area contributed by atoms with Gasteiger partial charge in [0.15, 0.2) is 0 Å². The van der Waals surface area contributed by atoms with Crippen molar-refractivity contribution in [2.75, 3.05) is 56.1 Å². The molecule has 0 aliphatic carbocycles. The zero-order valence-electron chi connectivity index (χ0n) is 18.3. The van der Waals surface area contributed by atoms with Crippen LogP contribution < -0.4 is 10.2 Å². The number of hydrogen-bond donors (Lipinski definition) is 1. The number of anilines is 2. The Balaban J connectivity index is 1.30. The molecule has 10 heteroatoms. The molecule has 9 nitrogen and oxygen atoms in total. The highest BCUT2D eigenvalue weighted by Gasteiger charge is 2.20. The number of benzene rings is 1. The molecule has 32 heavy (non-hydrogen) atoms. The summed E-state index contributed by atoms with van der Waals surface area (Å²) in [6.45, 7) is 9.12. The molecule has 1 fully saturated rings. The number of aryl methyl sites for hydroxylation is 1. The monoisotopic (exact) mass is 442 g/mol. The molecule has 2 aromatic heterocycles. The molecule has 3 heterocycles. The summed E-state index contributed by atoms with van der Waals surface area (Å²) in [4.78, 5) is 25.2. The average Bonchev–Trinajstić information content (AvgIpc) is 3.18. The third-order valence-electron chi connectivity index (χ3n) is 5.47. The number of aromatic nitrogens is 3. The van der Waals surface area contributed by atoms with E-state index < -0.39 is 5.97 Å². The van der Waals surface area contributed by atoms with Crippen LogP contribution in [-0.4, -0.2) is 71.9 Å². The Kier molecular flexibility index (Phi) is 6.79. The number of nitrogens with one attached hydrogen (secondary N) is 1. The smallest absolute Gasteiger partial charge is 0.376 e. The van der Waals surface area contributed by atoms with Gasteiger partial charge < -0.3 is 19.5 Å². The van der Waals surface area contributed by atoms with Crippen molar-refractivity contribution in [1.82, 2.24) is 20.0 Å². The van der Waals surface area contributed by atoms with E-state index in [0.717, 1.165) is 44.8 Å². The Labute approximate surface area is 185 Å². The van der Waals surface area contributed by atoms with Crippen LogP contribution >= 0.6 is 0 Å². The third kappa shape index (κ3) is 4.96. The predicted octanol–water partition coefficient (Wildman–Crippen LogP) is 2.87. The molecule has 0 saturated carbocycles. The minimum Gasteiger partial charge on any atom is -0.460 e. The SMILES string of the molecule is CCOC(=O)c1nc(NCCCN2CCN(c3ccc(F)cc3)CC2)c2c(C)noc2n1. The first-order chi connectivity index (χ1) is 15.5. The second-order valence-electron chi connectivity index (χ2n) is 7.65. The van der Waals surface area contributed by atoms with Crippen LogP contribution in [0.15, 0.2) is 28.8 Å². The number of piperazine rings is 1. The van der Waals surface area contributed by atoms with E-state index in [9.17, 15) is 9.18 Å². The molecule has 3 aromatic rings. The standard InChI is InChI=1S/C22H27FN6O3/c1-3-31-22(30)20-25-19(18-15(2)27-32-21(18)26-20)24-9-4-10-28-11-13-29(14-12-28)17-7-5-16(23)6-8-17/h5-8H,3-4,9-14H2,1-2H3,(H,24,25,26). The summed E-state index contributed by atoms with van der Waals surface area (Å²) < 4.78 is 23.4. The van der Waals surface area contributed by atoms with E-state index in [1.165, 1.54) is 12.1 Å². The maximum Gasteiger partial charge on any atom is 0.376 e. The lowest BCUT2D eigenvalue weighted by atomic mass is 10.2. The third-order valence-corrected chi connectivity index (χ3v) is 5.47. The van der Waals surface area contributed by atoms with E-state index in [0.29, 0.717) is 23.4 Å². The van der Waals surface area contributed by atoms with Crippen LogP contribution in [0.5, 0.6) is 0 Å². The van der Waals surface area contributed by atoms with Crippen molar-refractivity contribution in [3.8, 4) is 0 Å². The zero-order valence-corrected chi connectivity index (χ0v) is 18.3. The van der Waals surface area contributed by atoms with Gasteiger partial charge in [0, 0.05) is 38.4 Å². The molecule has 1 N–H and O–H groups in total. The normalized spacial score (nSPS) is 14.7. The number of ether oxygens (including phenoxy) is 1. The first-order valence-corrected chi connectivity index (χ1v) is 10.8. The number of carbonyl (C=O) groups excluding carboxylic acids is 1. The second-order valence-corrected chi connectivity index (χ2v) is 7.65. The van der Waals surface area contributed by atoms with Crippen molar-refractivity contribution in [3.05, 3.63) is 41.6 Å². The molecule has 1 aliphatic heterocycles. The highest BCUT2D eigenvalue weighted by Crippen LogP contribution is 2.24. The largest absolute Gasteiger partial charge is 0.460 e. The summed E-state index contributed by atoms with van der Waals surface area (Å²) in [5.41, 5.74) is 1.98. The molecular formula is C22H27FN6O3. The van der Waals surface area contributed by atoms with Crippen LogP contribution in [0.1, 0.15) is 29.7 Å². The average molecular weight is 442 g/mol. The summed E-state index contributed by atoms with van der Waals surface area (Å²) in [7, 11) is 0. The Hall–Kier alpha value is -3.27. The molecular weight excluding hydrogens is 415 g/mol. The summed E-state index contributed by atoms with van der Waals surface area (Å²) in [5.74, 6) is -0.324. The Bertz CT molecular complexity index is 1060. The van der Waals surface area contributed by atoms with Gasteiger partial charge in [-0.2, -0.15) is 4.98 Å². The van der Waals surface area contributed by atoms with Gasteiger partial charge in [0.1, 0.15) is 17.0 Å². The van der Waals surface area contributed by atoms with Crippen LogP contribution in [0.3, 0.4) is 0 Å². The first kappa shape index (κ1) is 21.9. The minimum atomic E-state index is -0.592. The lowest BCUT2D eigenvalue weighted by Crippen LogP contribution is -2.46. The van der Waals surface area contributed by atoms with Gasteiger partial charge in [0.05, 0.1) is 12.3 Å². The van der Waals surface area contributed by atoms with Gasteiger partial charge in [-0.3, -0.25) is 4.90 Å². The summed E-state index contributed by atoms with van der Waals surface area (Å²) in [6.07, 6.45) is 0.904. The van der Waals surface area contributed by atoms with Gasteiger partial charge in [-0.25, -0.2) is 14.2 Å². The molecule has 0 unspecified atom stereocenters. The quantitative estimate of drug-likeness (QED) is 0.417. The maximum absolute atomic E-state index is 13.1. The van der Waals surface area contributed by atoms with E-state index in [1.807, 2.05) is 19.1 Å². The number of halogens is 1. The summed E-state index contributed by atoms with van der Waals surface area (Å²) in [6, 6.07) is 6.66. The van der Waals surface area contributed by atoms with Gasteiger partial charge >= 0.3 is 5.97 Å². The Morgan fingerprint density at radius 3 is 2.66 bits per heavy atom. The fraction of sp³-hybridized carbons (Fsp3) is 0.455. The maximum atomic E-state index is 13.1. The molecule has 0 radical (unpaired) electrons. The number of fused-ring (bicyclic) bond motifs is 1. The van der Waals surface area contributed by atoms with E-state index >= 15 is 0 Å². The summed E-state index contributed by atoms with van der Waals surface area (Å²) in [5, 5.41) is 7.91. The zero-order chi connectivity index (χ0) is 22.5. The highest BCUT2D eigenvalue weighted by atomic mass is 19.1. The van der Waals surface area contributed by atoms with Gasteiger partial charge in [0.25, 0.3) is 5.71 Å². The molecule has 1 aromatic carbocycles. The van der Waals surface area contributed by atoms with E-state index in [4.69, 9.17) is 9.26 Å². The Morgan fingerprint density at radius 1 is 1.19 bits per heavy atom. The number of esters is 1. The number of hydrogen-bond acceptors (Lipinski definition) is 9. The van der Waals surface area contributed by atoms with Crippen molar-refractivity contribution in [3.63, 3.8) is 0 Å². The molecule has 1 saturated heterocycles. The van der Waals surface area contributed by atoms with E-state index in [2.05, 4.69) is 30.2 Å². The van der Waals surface area contributed by atoms with E-state index in [-0.39, 0.29) is 24.0 Å². The van der Waals surface area contributed by atoms with Crippen molar-refractivity contribution < 1.29 is 18.4 Å². The van der Waals surface area contributed by atoms with Crippen molar-refractivity contribution >= 4 is 28.6 Å². The van der Waals surface area contributed by atoms with Crippen LogP contribution in [0.25, 0.3) is 11.1 Å². The lowest BCUT2D eigenvalue weighted by molar-refractivity contribution is 0.0512. The molecule has 0 spiro atoms. The van der Waals surface area contributed by atoms with Gasteiger partial charge in [0.2, 0.25) is 5.82 Å². The molecule has 0 atom stereocenters. The van der Waals surface area contributed by atoms with Crippen LogP contribution in [0.4, 0.5) is 15.9 Å². The van der Waals surface area contributed by atoms with Gasteiger partial charge in [-0.05, 0) is 51.1 Å². The van der Waals surface area contributed by atoms with Crippen molar-refractivity contribution in [2.45, 2.75) is 20.3 Å². The first-order valence-electron chi connectivity index (χ1n) is 10.8. The second kappa shape index (κ2) is 9.90. The van der Waals surface area contributed by atoms with E-state index in [1.54, 1.807) is 6.92 Å². The fourth-order valence-electron chi connectivity index (χ4n) is 3.80. The topological polar surface area (TPSA) is 96.6 Å². The molecule has 0 bridgehead atoms. The highest BCUT2D eigenvalue weighted by molar-refractivity contribution is 5.93. The number of carbonyl (C=O) groups is 1. The number of rotatable bonds is 8. The van der Waals surface area contributed by atoms with Crippen LogP contribution in [-0.2, 0) is 4.74 Å². The Morgan fingerprint density at radius 2 is 1.94 bits per heavy atom. The van der Waals surface area contributed by atoms with Crippen molar-refractivity contribution in [2.24, 2.45) is 0 Å². The van der Waals surface area contributed by atoms with Gasteiger partial charge in [-0.15, -0.1) is 0 Å². The van der Waals surface area contributed by atoms with Crippen LogP contribution in [0.2, 0.25) is 0 Å². The fourth-order valence-corrected chi connectivity index (χ4v) is 3.80. The summed E-state index contributed by atoms with van der Waals surface area (Å²) >= 11 is 0. The molecule has 1 aliphatic rings. The van der Waals surface area contributed by atoms with Gasteiger partial charge in [-0.1, -0.05) is 5.16 Å². The minimum absolute atomic E-state index is 0.0464. The predicted molar refractivity (Wildman–Crippen MR) is 118 cm³/mol. The number of nitrogens with zero attached hydrogens (tertiary/aromatic N) is 5. The molecule has 170 valence electrons. The molecule has 0 amide bonds.